The van der Waals surface area contributed by atoms with E-state index in [-0.39, 0.29) is 6.54 Å². The SMILES string of the molecule is CCCCc1n(CC(=O)[O-])cc[n+]1C. The Balaban J connectivity index is 2.77. The van der Waals surface area contributed by atoms with E-state index < -0.39 is 5.97 Å². The molecule has 0 saturated carbocycles. The minimum Gasteiger partial charge on any atom is -0.546 e. The molecule has 1 aromatic heterocycles. The quantitative estimate of drug-likeness (QED) is 0.591. The lowest BCUT2D eigenvalue weighted by molar-refractivity contribution is -0.678. The number of carbonyl (C=O) groups is 1. The van der Waals surface area contributed by atoms with Crippen LogP contribution in [0.25, 0.3) is 0 Å². The monoisotopic (exact) mass is 196 g/mol. The van der Waals surface area contributed by atoms with Gasteiger partial charge in [-0.05, 0) is 6.42 Å². The molecule has 14 heavy (non-hydrogen) atoms. The summed E-state index contributed by atoms with van der Waals surface area (Å²) in [5.74, 6) is -0.00463. The van der Waals surface area contributed by atoms with Gasteiger partial charge in [0, 0.05) is 6.42 Å². The summed E-state index contributed by atoms with van der Waals surface area (Å²) >= 11 is 0. The molecule has 1 aromatic rings. The zero-order valence-corrected chi connectivity index (χ0v) is 8.69. The highest BCUT2D eigenvalue weighted by molar-refractivity contribution is 5.64. The van der Waals surface area contributed by atoms with Gasteiger partial charge in [-0.3, -0.25) is 0 Å². The van der Waals surface area contributed by atoms with E-state index in [1.165, 1.54) is 0 Å². The average molecular weight is 196 g/mol. The average Bonchev–Trinajstić information content (AvgIpc) is 2.44. The predicted molar refractivity (Wildman–Crippen MR) is 49.2 cm³/mol. The summed E-state index contributed by atoms with van der Waals surface area (Å²) in [5.41, 5.74) is 0. The van der Waals surface area contributed by atoms with Gasteiger partial charge in [0.05, 0.1) is 13.0 Å². The van der Waals surface area contributed by atoms with E-state index >= 15 is 0 Å². The van der Waals surface area contributed by atoms with Gasteiger partial charge in [0.2, 0.25) is 0 Å². The van der Waals surface area contributed by atoms with E-state index in [9.17, 15) is 9.90 Å². The van der Waals surface area contributed by atoms with Crippen molar-refractivity contribution in [1.82, 2.24) is 4.57 Å². The molecule has 4 nitrogen and oxygen atoms in total. The number of aromatic nitrogens is 2. The fourth-order valence-electron chi connectivity index (χ4n) is 1.49. The predicted octanol–water partition coefficient (Wildman–Crippen LogP) is -0.595. The summed E-state index contributed by atoms with van der Waals surface area (Å²) < 4.78 is 3.68. The molecule has 0 aliphatic carbocycles. The van der Waals surface area contributed by atoms with Gasteiger partial charge in [0.15, 0.2) is 0 Å². The first-order chi connectivity index (χ1) is 6.65. The number of carboxylic acid groups (broad SMARTS) is 1. The molecular weight excluding hydrogens is 180 g/mol. The molecule has 1 heterocycles. The van der Waals surface area contributed by atoms with Crippen LogP contribution in [0.1, 0.15) is 25.6 Å². The molecule has 0 aromatic carbocycles. The standard InChI is InChI=1S/C10H16N2O2/c1-3-4-5-9-11(2)6-7-12(9)8-10(13)14/h6-7H,3-5,8H2,1-2H3. The second kappa shape index (κ2) is 4.79. The first kappa shape index (κ1) is 10.8. The Morgan fingerprint density at radius 3 is 2.93 bits per heavy atom. The normalized spacial score (nSPS) is 10.4. The minimum atomic E-state index is -1.04. The molecule has 0 radical (unpaired) electrons. The van der Waals surface area contributed by atoms with Crippen molar-refractivity contribution in [3.8, 4) is 0 Å². The van der Waals surface area contributed by atoms with E-state index in [1.54, 1.807) is 10.8 Å². The Morgan fingerprint density at radius 1 is 1.64 bits per heavy atom. The van der Waals surface area contributed by atoms with Gasteiger partial charge in [-0.25, -0.2) is 9.13 Å². The number of hydrogen-bond acceptors (Lipinski definition) is 2. The van der Waals surface area contributed by atoms with Gasteiger partial charge in [0.25, 0.3) is 5.82 Å². The number of carbonyl (C=O) groups excluding carboxylic acids is 1. The van der Waals surface area contributed by atoms with Crippen LogP contribution in [0, 0.1) is 0 Å². The Hall–Kier alpha value is -1.32. The molecular formula is C10H16N2O2. The zero-order valence-electron chi connectivity index (χ0n) is 8.69. The first-order valence-corrected chi connectivity index (χ1v) is 4.88. The summed E-state index contributed by atoms with van der Waals surface area (Å²) in [6.45, 7) is 2.06. The summed E-state index contributed by atoms with van der Waals surface area (Å²) in [4.78, 5) is 10.5. The third-order valence-corrected chi connectivity index (χ3v) is 2.26. The number of carboxylic acids is 1. The molecule has 4 heteroatoms. The molecule has 1 rings (SSSR count). The number of hydrogen-bond donors (Lipinski definition) is 0. The molecule has 0 atom stereocenters. The lowest BCUT2D eigenvalue weighted by Crippen LogP contribution is -2.34. The maximum absolute atomic E-state index is 10.5. The van der Waals surface area contributed by atoms with Crippen LogP contribution in [0.2, 0.25) is 0 Å². The highest BCUT2D eigenvalue weighted by Crippen LogP contribution is 2.01. The smallest absolute Gasteiger partial charge is 0.256 e. The highest BCUT2D eigenvalue weighted by atomic mass is 16.4. The minimum absolute atomic E-state index is 0.0557. The second-order valence-corrected chi connectivity index (χ2v) is 3.43. The van der Waals surface area contributed by atoms with Crippen molar-refractivity contribution >= 4 is 5.97 Å². The summed E-state index contributed by atoms with van der Waals surface area (Å²) in [7, 11) is 1.93. The van der Waals surface area contributed by atoms with Gasteiger partial charge in [-0.2, -0.15) is 0 Å². The molecule has 0 fully saturated rings. The number of imidazole rings is 1. The van der Waals surface area contributed by atoms with Gasteiger partial charge in [0.1, 0.15) is 18.9 Å². The Kier molecular flexibility index (Phi) is 3.68. The van der Waals surface area contributed by atoms with E-state index in [2.05, 4.69) is 6.92 Å². The van der Waals surface area contributed by atoms with Crippen molar-refractivity contribution in [1.29, 1.82) is 0 Å². The van der Waals surface area contributed by atoms with Crippen LogP contribution >= 0.6 is 0 Å². The van der Waals surface area contributed by atoms with Crippen LogP contribution in [-0.2, 0) is 24.8 Å². The molecule has 0 aliphatic rings. The molecule has 0 spiro atoms. The van der Waals surface area contributed by atoms with Crippen LogP contribution in [0.5, 0.6) is 0 Å². The van der Waals surface area contributed by atoms with Gasteiger partial charge < -0.3 is 9.90 Å². The first-order valence-electron chi connectivity index (χ1n) is 4.88. The van der Waals surface area contributed by atoms with E-state index in [4.69, 9.17) is 0 Å². The lowest BCUT2D eigenvalue weighted by Gasteiger charge is -2.02. The van der Waals surface area contributed by atoms with E-state index in [1.807, 2.05) is 17.8 Å². The highest BCUT2D eigenvalue weighted by Gasteiger charge is 2.13. The van der Waals surface area contributed by atoms with Crippen LogP contribution in [0.15, 0.2) is 12.4 Å². The Labute approximate surface area is 83.8 Å². The van der Waals surface area contributed by atoms with Crippen LogP contribution in [0.4, 0.5) is 0 Å². The number of nitrogens with zero attached hydrogens (tertiary/aromatic N) is 2. The fraction of sp³-hybridized carbons (Fsp3) is 0.600. The van der Waals surface area contributed by atoms with Crippen molar-refractivity contribution < 1.29 is 14.5 Å². The van der Waals surface area contributed by atoms with Crippen LogP contribution in [0.3, 0.4) is 0 Å². The second-order valence-electron chi connectivity index (χ2n) is 3.43. The maximum Gasteiger partial charge on any atom is 0.256 e. The van der Waals surface area contributed by atoms with Crippen LogP contribution < -0.4 is 9.67 Å². The van der Waals surface area contributed by atoms with E-state index in [0.717, 1.165) is 25.1 Å². The number of aliphatic carboxylic acids is 1. The van der Waals surface area contributed by atoms with Crippen molar-refractivity contribution in [3.05, 3.63) is 18.2 Å². The molecule has 0 unspecified atom stereocenters. The number of rotatable bonds is 5. The Morgan fingerprint density at radius 2 is 2.36 bits per heavy atom. The number of unbranched alkanes of at least 4 members (excludes halogenated alkanes) is 1. The third-order valence-electron chi connectivity index (χ3n) is 2.26. The topological polar surface area (TPSA) is 48.9 Å². The summed E-state index contributed by atoms with van der Waals surface area (Å²) in [6.07, 6.45) is 6.74. The molecule has 0 bridgehead atoms. The molecule has 0 saturated heterocycles. The van der Waals surface area contributed by atoms with Crippen molar-refractivity contribution in [2.24, 2.45) is 7.05 Å². The summed E-state index contributed by atoms with van der Waals surface area (Å²) in [6, 6.07) is 0. The maximum atomic E-state index is 10.5. The fourth-order valence-corrected chi connectivity index (χ4v) is 1.49. The third kappa shape index (κ3) is 2.58. The molecule has 0 amide bonds. The van der Waals surface area contributed by atoms with Gasteiger partial charge >= 0.3 is 0 Å². The van der Waals surface area contributed by atoms with Crippen molar-refractivity contribution in [2.75, 3.05) is 0 Å². The van der Waals surface area contributed by atoms with Crippen molar-refractivity contribution in [2.45, 2.75) is 32.7 Å². The van der Waals surface area contributed by atoms with Gasteiger partial charge in [-0.1, -0.05) is 13.3 Å². The van der Waals surface area contributed by atoms with E-state index in [0.29, 0.717) is 0 Å². The van der Waals surface area contributed by atoms with Crippen molar-refractivity contribution in [3.63, 3.8) is 0 Å². The van der Waals surface area contributed by atoms with Crippen LogP contribution in [-0.4, -0.2) is 10.5 Å². The van der Waals surface area contributed by atoms with Gasteiger partial charge in [-0.15, -0.1) is 0 Å². The lowest BCUT2D eigenvalue weighted by atomic mass is 10.2. The zero-order chi connectivity index (χ0) is 10.6. The molecule has 0 N–H and O–H groups in total. The summed E-state index contributed by atoms with van der Waals surface area (Å²) in [5, 5.41) is 10.5. The number of aryl methyl sites for hydroxylation is 1. The largest absolute Gasteiger partial charge is 0.546 e. The molecule has 78 valence electrons. The molecule has 0 aliphatic heterocycles. The Bertz CT molecular complexity index is 318.